The molecule has 3 heteroatoms. The Bertz CT molecular complexity index is 47.7. The normalized spacial score (nSPS) is 13.9. The Hall–Kier alpha value is -0.120. The molecule has 1 atom stereocenters. The molecule has 0 heterocycles. The number of aliphatic hydroxyl groups is 2. The Kier molecular flexibility index (Phi) is 4.95. The van der Waals surface area contributed by atoms with E-state index in [1.165, 1.54) is 0 Å². The van der Waals surface area contributed by atoms with Gasteiger partial charge >= 0.3 is 0 Å². The third-order valence-corrected chi connectivity index (χ3v) is 0.669. The van der Waals surface area contributed by atoms with Gasteiger partial charge < -0.3 is 15.5 Å². The fraction of sp³-hybridized carbons (Fsp3) is 0.800. The van der Waals surface area contributed by atoms with Gasteiger partial charge in [-0.3, -0.25) is 0 Å². The molecule has 8 heavy (non-hydrogen) atoms. The molecule has 3 N–H and O–H groups in total. The lowest BCUT2D eigenvalue weighted by Gasteiger charge is -2.02. The highest BCUT2D eigenvalue weighted by Crippen LogP contribution is 1.71. The molecule has 0 aromatic rings. The lowest BCUT2D eigenvalue weighted by Crippen LogP contribution is -2.26. The van der Waals surface area contributed by atoms with E-state index in [-0.39, 0.29) is 6.61 Å². The van der Waals surface area contributed by atoms with Crippen molar-refractivity contribution in [2.24, 2.45) is 0 Å². The van der Waals surface area contributed by atoms with Gasteiger partial charge in [0.05, 0.1) is 12.7 Å². The van der Waals surface area contributed by atoms with E-state index in [0.29, 0.717) is 13.1 Å². The summed E-state index contributed by atoms with van der Waals surface area (Å²) in [5.41, 5.74) is 0. The van der Waals surface area contributed by atoms with Crippen LogP contribution in [0.1, 0.15) is 0 Å². The average molecular weight is 118 g/mol. The molecule has 0 aromatic carbocycles. The molecule has 1 radical (unpaired) electrons. The van der Waals surface area contributed by atoms with Crippen LogP contribution in [0, 0.1) is 6.92 Å². The number of rotatable bonds is 4. The zero-order valence-corrected chi connectivity index (χ0v) is 4.80. The molecule has 0 rings (SSSR count). The van der Waals surface area contributed by atoms with E-state index in [4.69, 9.17) is 10.2 Å². The van der Waals surface area contributed by atoms with Crippen LogP contribution in [-0.4, -0.2) is 36.0 Å². The molecular formula is C5H12NO2. The highest BCUT2D eigenvalue weighted by atomic mass is 16.3. The van der Waals surface area contributed by atoms with E-state index in [1.807, 2.05) is 0 Å². The summed E-state index contributed by atoms with van der Waals surface area (Å²) < 4.78 is 0. The van der Waals surface area contributed by atoms with Crippen molar-refractivity contribution in [2.75, 3.05) is 19.7 Å². The predicted molar refractivity (Wildman–Crippen MR) is 31.3 cm³/mol. The SMILES string of the molecule is [CH2]C(O)CNCCO. The van der Waals surface area contributed by atoms with Crippen LogP contribution in [0.25, 0.3) is 0 Å². The summed E-state index contributed by atoms with van der Waals surface area (Å²) in [4.78, 5) is 0. The van der Waals surface area contributed by atoms with Gasteiger partial charge in [-0.15, -0.1) is 0 Å². The van der Waals surface area contributed by atoms with Crippen molar-refractivity contribution in [1.29, 1.82) is 0 Å². The Balaban J connectivity index is 2.72. The van der Waals surface area contributed by atoms with Crippen LogP contribution >= 0.6 is 0 Å². The zero-order chi connectivity index (χ0) is 6.41. The quantitative estimate of drug-likeness (QED) is 0.405. The Labute approximate surface area is 49.3 Å². The first-order valence-electron chi connectivity index (χ1n) is 2.60. The largest absolute Gasteiger partial charge is 0.395 e. The highest BCUT2D eigenvalue weighted by Gasteiger charge is 1.90. The van der Waals surface area contributed by atoms with Gasteiger partial charge in [0.25, 0.3) is 0 Å². The van der Waals surface area contributed by atoms with Crippen LogP contribution < -0.4 is 5.32 Å². The van der Waals surface area contributed by atoms with Gasteiger partial charge in [-0.2, -0.15) is 0 Å². The van der Waals surface area contributed by atoms with Crippen LogP contribution in [0.4, 0.5) is 0 Å². The van der Waals surface area contributed by atoms with E-state index >= 15 is 0 Å². The molecule has 0 saturated heterocycles. The molecule has 0 aliphatic rings. The second kappa shape index (κ2) is 5.03. The molecule has 0 amide bonds. The maximum atomic E-state index is 8.52. The minimum atomic E-state index is -0.568. The van der Waals surface area contributed by atoms with Crippen molar-refractivity contribution < 1.29 is 10.2 Å². The molecule has 1 unspecified atom stereocenters. The zero-order valence-electron chi connectivity index (χ0n) is 4.80. The van der Waals surface area contributed by atoms with Gasteiger partial charge in [0.15, 0.2) is 0 Å². The van der Waals surface area contributed by atoms with Crippen molar-refractivity contribution in [2.45, 2.75) is 6.10 Å². The first-order valence-corrected chi connectivity index (χ1v) is 2.60. The van der Waals surface area contributed by atoms with Gasteiger partial charge in [-0.05, 0) is 6.92 Å². The van der Waals surface area contributed by atoms with Crippen molar-refractivity contribution in [3.8, 4) is 0 Å². The summed E-state index contributed by atoms with van der Waals surface area (Å²) in [6.45, 7) is 4.39. The van der Waals surface area contributed by atoms with Gasteiger partial charge in [0.2, 0.25) is 0 Å². The van der Waals surface area contributed by atoms with Crippen LogP contribution in [-0.2, 0) is 0 Å². The fourth-order valence-corrected chi connectivity index (χ4v) is 0.348. The topological polar surface area (TPSA) is 52.5 Å². The minimum absolute atomic E-state index is 0.104. The number of hydrogen-bond donors (Lipinski definition) is 3. The second-order valence-electron chi connectivity index (χ2n) is 1.58. The molecular weight excluding hydrogens is 106 g/mol. The second-order valence-corrected chi connectivity index (χ2v) is 1.58. The van der Waals surface area contributed by atoms with Gasteiger partial charge in [-0.25, -0.2) is 0 Å². The first-order chi connectivity index (χ1) is 3.77. The van der Waals surface area contributed by atoms with Crippen molar-refractivity contribution in [1.82, 2.24) is 5.32 Å². The maximum absolute atomic E-state index is 8.52. The molecule has 0 aromatic heterocycles. The molecule has 0 saturated carbocycles. The summed E-state index contributed by atoms with van der Waals surface area (Å²) in [7, 11) is 0. The van der Waals surface area contributed by atoms with Gasteiger partial charge in [0.1, 0.15) is 0 Å². The summed E-state index contributed by atoms with van der Waals surface area (Å²) in [6.07, 6.45) is -0.568. The summed E-state index contributed by atoms with van der Waals surface area (Å²) in [5, 5.41) is 19.5. The number of nitrogens with one attached hydrogen (secondary N) is 1. The molecule has 3 nitrogen and oxygen atoms in total. The molecule has 0 fully saturated rings. The smallest absolute Gasteiger partial charge is 0.0665 e. The molecule has 0 aliphatic heterocycles. The van der Waals surface area contributed by atoms with Crippen LogP contribution in [0.2, 0.25) is 0 Å². The fourth-order valence-electron chi connectivity index (χ4n) is 0.348. The van der Waals surface area contributed by atoms with Crippen LogP contribution in [0.15, 0.2) is 0 Å². The third-order valence-electron chi connectivity index (χ3n) is 0.669. The standard InChI is InChI=1S/C5H12NO2/c1-5(8)4-6-2-3-7/h5-8H,1-4H2. The Morgan fingerprint density at radius 2 is 2.25 bits per heavy atom. The van der Waals surface area contributed by atoms with E-state index in [0.717, 1.165) is 0 Å². The molecule has 0 aliphatic carbocycles. The average Bonchev–Trinajstić information content (AvgIpc) is 1.66. The molecule has 0 bridgehead atoms. The molecule has 0 spiro atoms. The van der Waals surface area contributed by atoms with Crippen LogP contribution in [0.5, 0.6) is 0 Å². The van der Waals surface area contributed by atoms with E-state index < -0.39 is 6.10 Å². The molecule has 49 valence electrons. The van der Waals surface area contributed by atoms with Crippen LogP contribution in [0.3, 0.4) is 0 Å². The number of aliphatic hydroxyl groups excluding tert-OH is 2. The first kappa shape index (κ1) is 7.88. The number of hydrogen-bond acceptors (Lipinski definition) is 3. The summed E-state index contributed by atoms with van der Waals surface area (Å²) >= 11 is 0. The lowest BCUT2D eigenvalue weighted by molar-refractivity contribution is 0.209. The maximum Gasteiger partial charge on any atom is 0.0665 e. The lowest BCUT2D eigenvalue weighted by atomic mass is 10.4. The van der Waals surface area contributed by atoms with E-state index in [9.17, 15) is 0 Å². The van der Waals surface area contributed by atoms with E-state index in [2.05, 4.69) is 12.2 Å². The third kappa shape index (κ3) is 5.88. The van der Waals surface area contributed by atoms with Crippen molar-refractivity contribution >= 4 is 0 Å². The monoisotopic (exact) mass is 118 g/mol. The van der Waals surface area contributed by atoms with Gasteiger partial charge in [0, 0.05) is 13.1 Å². The van der Waals surface area contributed by atoms with Gasteiger partial charge in [-0.1, -0.05) is 0 Å². The summed E-state index contributed by atoms with van der Waals surface area (Å²) in [5.74, 6) is 0. The summed E-state index contributed by atoms with van der Waals surface area (Å²) in [6, 6.07) is 0. The Morgan fingerprint density at radius 1 is 1.62 bits per heavy atom. The Morgan fingerprint density at radius 3 is 2.62 bits per heavy atom. The predicted octanol–water partition coefficient (Wildman–Crippen LogP) is -1.24. The van der Waals surface area contributed by atoms with Crippen molar-refractivity contribution in [3.63, 3.8) is 0 Å². The highest BCUT2D eigenvalue weighted by molar-refractivity contribution is 4.59. The minimum Gasteiger partial charge on any atom is -0.395 e. The van der Waals surface area contributed by atoms with Crippen molar-refractivity contribution in [3.05, 3.63) is 6.92 Å². The van der Waals surface area contributed by atoms with E-state index in [1.54, 1.807) is 0 Å².